The van der Waals surface area contributed by atoms with E-state index in [1.165, 1.54) is 17.4 Å². The molecule has 1 saturated heterocycles. The lowest BCUT2D eigenvalue weighted by molar-refractivity contribution is -0.145. The number of nitrogens with one attached hydrogen (secondary N) is 1. The Hall–Kier alpha value is -2.61. The lowest BCUT2D eigenvalue weighted by Crippen LogP contribution is -2.55. The Labute approximate surface area is 255 Å². The second-order valence-electron chi connectivity index (χ2n) is 9.23. The molecule has 41 heavy (non-hydrogen) atoms. The maximum absolute atomic E-state index is 14.8. The first kappa shape index (κ1) is 32.9. The van der Waals surface area contributed by atoms with Gasteiger partial charge in [0.25, 0.3) is 0 Å². The zero-order valence-electron chi connectivity index (χ0n) is 22.6. The molecule has 0 radical (unpaired) electrons. The Morgan fingerprint density at radius 2 is 2.02 bits per heavy atom. The number of likely N-dealkylation sites (tertiary alicyclic amines) is 1. The molecule has 4 rings (SSSR count). The number of aliphatic imine (C=N–C) groups is 1. The van der Waals surface area contributed by atoms with Gasteiger partial charge in [0, 0.05) is 36.6 Å². The van der Waals surface area contributed by atoms with Crippen molar-refractivity contribution in [3.8, 4) is 11.5 Å². The second-order valence-corrected chi connectivity index (χ2v) is 12.0. The SMILES string of the molecule is CC=NC.NC1(C(=O)O)CCN(CCCc2cc(Cl)ccc2Oc2cc(F)c(S(=O)Nc3cscn3)cc2Cl)CC1. The number of anilines is 1. The molecule has 0 saturated carbocycles. The number of halogens is 3. The van der Waals surface area contributed by atoms with Crippen molar-refractivity contribution in [1.29, 1.82) is 0 Å². The molecule has 1 unspecified atom stereocenters. The number of carboxylic acids is 1. The molecule has 1 aliphatic rings. The highest BCUT2D eigenvalue weighted by atomic mass is 35.5. The van der Waals surface area contributed by atoms with E-state index in [-0.39, 0.29) is 15.7 Å². The molecule has 1 atom stereocenters. The topological polar surface area (TPSA) is 130 Å². The number of aliphatic carboxylic acids is 1. The molecule has 1 aromatic heterocycles. The Bertz CT molecular complexity index is 1370. The minimum absolute atomic E-state index is 0.0844. The van der Waals surface area contributed by atoms with E-state index in [2.05, 4.69) is 19.6 Å². The number of nitrogens with two attached hydrogens (primary N) is 1. The molecule has 14 heteroatoms. The highest BCUT2D eigenvalue weighted by Crippen LogP contribution is 2.36. The molecule has 3 aromatic rings. The van der Waals surface area contributed by atoms with Crippen molar-refractivity contribution in [1.82, 2.24) is 9.88 Å². The number of hydrogen-bond acceptors (Lipinski definition) is 8. The van der Waals surface area contributed by atoms with Crippen molar-refractivity contribution in [2.45, 2.75) is 43.0 Å². The summed E-state index contributed by atoms with van der Waals surface area (Å²) in [6.07, 6.45) is 3.94. The molecular formula is C27H32Cl2FN5O4S2. The van der Waals surface area contributed by atoms with Gasteiger partial charge in [-0.15, -0.1) is 11.3 Å². The summed E-state index contributed by atoms with van der Waals surface area (Å²) in [4.78, 5) is 21.0. The van der Waals surface area contributed by atoms with Crippen molar-refractivity contribution in [2.75, 3.05) is 31.4 Å². The quantitative estimate of drug-likeness (QED) is 0.230. The Morgan fingerprint density at radius 3 is 2.63 bits per heavy atom. The summed E-state index contributed by atoms with van der Waals surface area (Å²) in [5, 5.41) is 11.6. The van der Waals surface area contributed by atoms with Crippen LogP contribution in [0.5, 0.6) is 11.5 Å². The molecule has 1 fully saturated rings. The summed E-state index contributed by atoms with van der Waals surface area (Å²) < 4.78 is 35.9. The van der Waals surface area contributed by atoms with Crippen molar-refractivity contribution >= 4 is 63.5 Å². The van der Waals surface area contributed by atoms with E-state index >= 15 is 0 Å². The second kappa shape index (κ2) is 15.6. The van der Waals surface area contributed by atoms with E-state index in [9.17, 15) is 18.5 Å². The maximum Gasteiger partial charge on any atom is 0.323 e. The van der Waals surface area contributed by atoms with Gasteiger partial charge in [0.15, 0.2) is 11.0 Å². The Kier molecular flexibility index (Phi) is 12.5. The third-order valence-corrected chi connectivity index (χ3v) is 8.63. The molecular weight excluding hydrogens is 612 g/mol. The van der Waals surface area contributed by atoms with Gasteiger partial charge in [-0.2, -0.15) is 0 Å². The van der Waals surface area contributed by atoms with Gasteiger partial charge in [0.1, 0.15) is 28.7 Å². The molecule has 0 amide bonds. The standard InChI is InChI=1S/C24H25Cl2FN4O4S2.C3H7N/c25-16-3-4-19(15(10-16)2-1-7-31-8-5-24(28,6-9-31)23(32)33)35-20-12-18(27)21(11-17(20)26)37(34)30-22-13-36-14-29-22;1-3-4-2/h3-4,10-14,30H,1-2,5-9,28H2,(H,32,33);3H,1-2H3. The lowest BCUT2D eigenvalue weighted by atomic mass is 9.89. The number of nitrogens with zero attached hydrogens (tertiary/aromatic N) is 3. The average molecular weight is 645 g/mol. The van der Waals surface area contributed by atoms with Crippen LogP contribution in [-0.2, 0) is 22.2 Å². The van der Waals surface area contributed by atoms with Gasteiger partial charge in [-0.1, -0.05) is 23.2 Å². The van der Waals surface area contributed by atoms with E-state index in [1.807, 2.05) is 6.92 Å². The summed E-state index contributed by atoms with van der Waals surface area (Å²) in [5.41, 5.74) is 7.19. The predicted molar refractivity (Wildman–Crippen MR) is 164 cm³/mol. The molecule has 0 aliphatic carbocycles. The Morgan fingerprint density at radius 1 is 1.32 bits per heavy atom. The normalized spacial score (nSPS) is 15.7. The van der Waals surface area contributed by atoms with Gasteiger partial charge in [-0.05, 0) is 75.2 Å². The molecule has 0 bridgehead atoms. The van der Waals surface area contributed by atoms with Gasteiger partial charge in [-0.3, -0.25) is 9.52 Å². The van der Waals surface area contributed by atoms with Gasteiger partial charge >= 0.3 is 5.97 Å². The van der Waals surface area contributed by atoms with E-state index in [1.54, 1.807) is 42.4 Å². The minimum Gasteiger partial charge on any atom is -0.480 e. The third-order valence-electron chi connectivity index (χ3n) is 6.41. The fraction of sp³-hybridized carbons (Fsp3) is 0.370. The third kappa shape index (κ3) is 9.45. The molecule has 0 spiro atoms. The van der Waals surface area contributed by atoms with Crippen molar-refractivity contribution in [2.24, 2.45) is 10.7 Å². The number of aryl methyl sites for hydroxylation is 1. The van der Waals surface area contributed by atoms with Crippen molar-refractivity contribution in [3.63, 3.8) is 0 Å². The molecule has 2 heterocycles. The molecule has 1 aliphatic heterocycles. The van der Waals surface area contributed by atoms with Crippen LogP contribution in [0.1, 0.15) is 31.7 Å². The number of ether oxygens (including phenoxy) is 1. The highest BCUT2D eigenvalue weighted by molar-refractivity contribution is 7.86. The first-order valence-electron chi connectivity index (χ1n) is 12.7. The van der Waals surface area contributed by atoms with Crippen LogP contribution in [0.3, 0.4) is 0 Å². The summed E-state index contributed by atoms with van der Waals surface area (Å²) in [6, 6.07) is 7.52. The predicted octanol–water partition coefficient (Wildman–Crippen LogP) is 6.03. The number of aromatic nitrogens is 1. The molecule has 2 aromatic carbocycles. The van der Waals surface area contributed by atoms with Crippen LogP contribution < -0.4 is 15.2 Å². The van der Waals surface area contributed by atoms with Crippen LogP contribution >= 0.6 is 34.5 Å². The number of carbonyl (C=O) groups is 1. The van der Waals surface area contributed by atoms with Gasteiger partial charge in [-0.25, -0.2) is 13.6 Å². The molecule has 9 nitrogen and oxygen atoms in total. The molecule has 222 valence electrons. The molecule has 4 N–H and O–H groups in total. The van der Waals surface area contributed by atoms with E-state index < -0.39 is 28.3 Å². The number of rotatable bonds is 10. The van der Waals surface area contributed by atoms with Crippen LogP contribution in [0.2, 0.25) is 10.0 Å². The smallest absolute Gasteiger partial charge is 0.323 e. The van der Waals surface area contributed by atoms with E-state index in [4.69, 9.17) is 33.7 Å². The minimum atomic E-state index is -1.89. The van der Waals surface area contributed by atoms with Crippen LogP contribution in [0.25, 0.3) is 0 Å². The highest BCUT2D eigenvalue weighted by Gasteiger charge is 2.37. The summed E-state index contributed by atoms with van der Waals surface area (Å²) >= 11 is 13.9. The summed E-state index contributed by atoms with van der Waals surface area (Å²) in [7, 11) is -0.145. The Balaban J connectivity index is 0.00000108. The van der Waals surface area contributed by atoms with Crippen LogP contribution in [0.15, 0.2) is 51.1 Å². The first-order valence-corrected chi connectivity index (χ1v) is 15.5. The number of thiazole rings is 1. The first-order chi connectivity index (χ1) is 19.6. The van der Waals surface area contributed by atoms with Crippen LogP contribution in [-0.4, -0.2) is 63.6 Å². The number of hydrogen-bond donors (Lipinski definition) is 3. The fourth-order valence-corrected chi connectivity index (χ4v) is 5.88. The van der Waals surface area contributed by atoms with Crippen LogP contribution in [0, 0.1) is 5.82 Å². The number of piperidine rings is 1. The number of carboxylic acid groups (broad SMARTS) is 1. The van der Waals surface area contributed by atoms with Gasteiger partial charge in [0.05, 0.1) is 15.4 Å². The number of benzene rings is 2. The van der Waals surface area contributed by atoms with E-state index in [0.29, 0.717) is 48.9 Å². The summed E-state index contributed by atoms with van der Waals surface area (Å²) in [5.74, 6) is -0.762. The lowest BCUT2D eigenvalue weighted by Gasteiger charge is -2.36. The van der Waals surface area contributed by atoms with Gasteiger partial charge in [0.2, 0.25) is 0 Å². The van der Waals surface area contributed by atoms with Gasteiger partial charge < -0.3 is 25.5 Å². The van der Waals surface area contributed by atoms with Crippen molar-refractivity contribution in [3.05, 3.63) is 62.6 Å². The largest absolute Gasteiger partial charge is 0.480 e. The zero-order chi connectivity index (χ0) is 30.0. The summed E-state index contributed by atoms with van der Waals surface area (Å²) in [6.45, 7) is 3.87. The monoisotopic (exact) mass is 643 g/mol. The average Bonchev–Trinajstić information content (AvgIpc) is 3.46. The zero-order valence-corrected chi connectivity index (χ0v) is 25.8. The fourth-order valence-electron chi connectivity index (χ4n) is 3.99. The van der Waals surface area contributed by atoms with Crippen molar-refractivity contribution < 1.29 is 23.2 Å². The van der Waals surface area contributed by atoms with E-state index in [0.717, 1.165) is 24.6 Å². The van der Waals surface area contributed by atoms with Crippen LogP contribution in [0.4, 0.5) is 10.2 Å². The maximum atomic E-state index is 14.8.